The van der Waals surface area contributed by atoms with Gasteiger partial charge in [0, 0.05) is 34.0 Å². The monoisotopic (exact) mass is 672 g/mol. The third-order valence-corrected chi connectivity index (χ3v) is 11.9. The van der Waals surface area contributed by atoms with E-state index in [2.05, 4.69) is 103 Å². The smallest absolute Gasteiger partial charge is 0.164 e. The molecular weight excluding hydrogens is 633 g/mol. The second-order valence-electron chi connectivity index (χ2n) is 15.4. The Morgan fingerprint density at radius 1 is 0.385 bits per heavy atom. The van der Waals surface area contributed by atoms with Gasteiger partial charge in [0.25, 0.3) is 0 Å². The minimum atomic E-state index is 0.374. The third kappa shape index (κ3) is 5.82. The average Bonchev–Trinajstić information content (AvgIpc) is 3.21. The molecule has 2 aromatic heterocycles. The molecule has 11 rings (SSSR count). The van der Waals surface area contributed by atoms with Gasteiger partial charge in [-0.2, -0.15) is 0 Å². The molecule has 4 saturated carbocycles. The molecule has 252 valence electrons. The minimum absolute atomic E-state index is 0.374. The second kappa shape index (κ2) is 12.8. The highest BCUT2D eigenvalue weighted by Crippen LogP contribution is 2.60. The lowest BCUT2D eigenvalue weighted by atomic mass is 9.48. The largest absolute Gasteiger partial charge is 0.256 e. The van der Waals surface area contributed by atoms with E-state index in [1.165, 1.54) is 44.1 Å². The average molecular weight is 673 g/mol. The molecule has 5 aromatic carbocycles. The number of benzene rings is 5. The summed E-state index contributed by atoms with van der Waals surface area (Å²) in [6, 6.07) is 51.3. The first kappa shape index (κ1) is 31.0. The highest BCUT2D eigenvalue weighted by Gasteiger charge is 2.51. The van der Waals surface area contributed by atoms with Crippen molar-refractivity contribution in [2.75, 3.05) is 0 Å². The molecule has 0 spiro atoms. The molecular formula is C48H40N4. The van der Waals surface area contributed by atoms with Crippen LogP contribution in [0.1, 0.15) is 44.1 Å². The normalized spacial score (nSPS) is 21.7. The van der Waals surface area contributed by atoms with Gasteiger partial charge < -0.3 is 0 Å². The molecule has 4 nitrogen and oxygen atoms in total. The molecule has 4 fully saturated rings. The first-order valence-electron chi connectivity index (χ1n) is 18.8. The predicted molar refractivity (Wildman–Crippen MR) is 210 cm³/mol. The van der Waals surface area contributed by atoms with Gasteiger partial charge in [-0.1, -0.05) is 121 Å². The van der Waals surface area contributed by atoms with Crippen molar-refractivity contribution in [2.45, 2.75) is 43.9 Å². The molecule has 0 radical (unpaired) electrons. The van der Waals surface area contributed by atoms with Crippen LogP contribution < -0.4 is 0 Å². The topological polar surface area (TPSA) is 51.6 Å². The maximum Gasteiger partial charge on any atom is 0.164 e. The fourth-order valence-electron chi connectivity index (χ4n) is 9.85. The van der Waals surface area contributed by atoms with E-state index < -0.39 is 0 Å². The Labute approximate surface area is 305 Å². The second-order valence-corrected chi connectivity index (χ2v) is 15.4. The van der Waals surface area contributed by atoms with E-state index in [0.29, 0.717) is 22.9 Å². The molecule has 0 atom stereocenters. The van der Waals surface area contributed by atoms with Crippen molar-refractivity contribution < 1.29 is 0 Å². The molecule has 0 unspecified atom stereocenters. The van der Waals surface area contributed by atoms with Crippen molar-refractivity contribution in [3.05, 3.63) is 157 Å². The van der Waals surface area contributed by atoms with Gasteiger partial charge in [0.05, 0.1) is 5.69 Å². The van der Waals surface area contributed by atoms with E-state index in [9.17, 15) is 0 Å². The summed E-state index contributed by atoms with van der Waals surface area (Å²) >= 11 is 0. The zero-order chi connectivity index (χ0) is 34.5. The van der Waals surface area contributed by atoms with Crippen molar-refractivity contribution in [1.82, 2.24) is 19.9 Å². The van der Waals surface area contributed by atoms with Crippen molar-refractivity contribution >= 4 is 0 Å². The molecule has 4 heteroatoms. The molecule has 4 aliphatic rings. The van der Waals surface area contributed by atoms with Gasteiger partial charge in [-0.25, -0.2) is 15.0 Å². The van der Waals surface area contributed by atoms with E-state index in [1.807, 2.05) is 48.7 Å². The quantitative estimate of drug-likeness (QED) is 0.169. The van der Waals surface area contributed by atoms with Crippen LogP contribution in [0.3, 0.4) is 0 Å². The van der Waals surface area contributed by atoms with Crippen LogP contribution in [0, 0.1) is 17.8 Å². The van der Waals surface area contributed by atoms with Crippen LogP contribution in [0.15, 0.2) is 152 Å². The zero-order valence-corrected chi connectivity index (χ0v) is 29.2. The molecule has 4 bridgehead atoms. The summed E-state index contributed by atoms with van der Waals surface area (Å²) in [6.07, 6.45) is 10.5. The summed E-state index contributed by atoms with van der Waals surface area (Å²) in [5, 5.41) is 0. The van der Waals surface area contributed by atoms with Crippen molar-refractivity contribution in [2.24, 2.45) is 17.8 Å². The molecule has 0 saturated heterocycles. The van der Waals surface area contributed by atoms with E-state index in [1.54, 1.807) is 5.56 Å². The summed E-state index contributed by atoms with van der Waals surface area (Å²) < 4.78 is 0. The van der Waals surface area contributed by atoms with Crippen LogP contribution in [0.2, 0.25) is 0 Å². The SMILES string of the molecule is c1ccc(-c2ccc(-c3cc(-c4ccc(C56CC7CC(CC(C7)C5)C6)cc4)cc(-c4nc(-c5ccccc5)nc(-c5ccccc5)n4)c3)cn2)cc1. The highest BCUT2D eigenvalue weighted by molar-refractivity contribution is 5.80. The van der Waals surface area contributed by atoms with Gasteiger partial charge in [0.1, 0.15) is 0 Å². The van der Waals surface area contributed by atoms with E-state index in [4.69, 9.17) is 19.9 Å². The Morgan fingerprint density at radius 2 is 0.827 bits per heavy atom. The van der Waals surface area contributed by atoms with Crippen LogP contribution in [-0.2, 0) is 5.41 Å². The molecule has 0 N–H and O–H groups in total. The summed E-state index contributed by atoms with van der Waals surface area (Å²) in [5.74, 6) is 4.74. The first-order chi connectivity index (χ1) is 25.6. The van der Waals surface area contributed by atoms with E-state index >= 15 is 0 Å². The number of hydrogen-bond acceptors (Lipinski definition) is 4. The Bertz CT molecular complexity index is 2260. The van der Waals surface area contributed by atoms with Crippen LogP contribution in [-0.4, -0.2) is 19.9 Å². The van der Waals surface area contributed by atoms with Gasteiger partial charge in [0.15, 0.2) is 17.5 Å². The van der Waals surface area contributed by atoms with Crippen LogP contribution in [0.5, 0.6) is 0 Å². The number of pyridine rings is 1. The number of hydrogen-bond donors (Lipinski definition) is 0. The Morgan fingerprint density at radius 3 is 1.33 bits per heavy atom. The number of rotatable bonds is 7. The van der Waals surface area contributed by atoms with Gasteiger partial charge in [-0.15, -0.1) is 0 Å². The van der Waals surface area contributed by atoms with E-state index in [-0.39, 0.29) is 0 Å². The number of nitrogens with zero attached hydrogens (tertiary/aromatic N) is 4. The van der Waals surface area contributed by atoms with Crippen LogP contribution in [0.25, 0.3) is 67.7 Å². The van der Waals surface area contributed by atoms with Crippen LogP contribution in [0.4, 0.5) is 0 Å². The van der Waals surface area contributed by atoms with Gasteiger partial charge in [-0.3, -0.25) is 4.98 Å². The lowest BCUT2D eigenvalue weighted by Gasteiger charge is -2.57. The predicted octanol–water partition coefficient (Wildman–Crippen LogP) is 11.7. The van der Waals surface area contributed by atoms with Gasteiger partial charge >= 0.3 is 0 Å². The molecule has 7 aromatic rings. The third-order valence-electron chi connectivity index (χ3n) is 11.9. The molecule has 52 heavy (non-hydrogen) atoms. The van der Waals surface area contributed by atoms with E-state index in [0.717, 1.165) is 62.4 Å². The molecule has 0 aliphatic heterocycles. The van der Waals surface area contributed by atoms with Crippen LogP contribution >= 0.6 is 0 Å². The summed E-state index contributed by atoms with van der Waals surface area (Å²) in [5.41, 5.74) is 11.3. The van der Waals surface area contributed by atoms with Crippen molar-refractivity contribution in [1.29, 1.82) is 0 Å². The van der Waals surface area contributed by atoms with Gasteiger partial charge in [-0.05, 0) is 108 Å². The van der Waals surface area contributed by atoms with Gasteiger partial charge in [0.2, 0.25) is 0 Å². The number of aromatic nitrogens is 4. The molecule has 4 aliphatic carbocycles. The fraction of sp³-hybridized carbons (Fsp3) is 0.208. The summed E-state index contributed by atoms with van der Waals surface area (Å²) in [6.45, 7) is 0. The summed E-state index contributed by atoms with van der Waals surface area (Å²) in [4.78, 5) is 20.1. The molecule has 0 amide bonds. The first-order valence-corrected chi connectivity index (χ1v) is 18.8. The Hall–Kier alpha value is -5.74. The Balaban J connectivity index is 1.09. The highest BCUT2D eigenvalue weighted by atomic mass is 15.0. The fourth-order valence-corrected chi connectivity index (χ4v) is 9.85. The minimum Gasteiger partial charge on any atom is -0.256 e. The maximum absolute atomic E-state index is 5.11. The lowest BCUT2D eigenvalue weighted by molar-refractivity contribution is -0.00518. The maximum atomic E-state index is 5.11. The summed E-state index contributed by atoms with van der Waals surface area (Å²) in [7, 11) is 0. The standard InChI is InChI=1S/C48H40N4/c1-4-10-36(11-5-1)44-21-18-39(31-49-44)41-25-40(35-16-19-43(20-17-35)48-28-32-22-33(29-48)24-34(23-32)30-48)26-42(27-41)47-51-45(37-12-6-2-7-13-37)50-46(52-47)38-14-8-3-9-15-38/h1-21,25-27,31-34H,22-24,28-30H2. The zero-order valence-electron chi connectivity index (χ0n) is 29.2. The van der Waals surface area contributed by atoms with Crippen molar-refractivity contribution in [3.8, 4) is 67.7 Å². The Kier molecular flexibility index (Phi) is 7.63. The van der Waals surface area contributed by atoms with Crippen molar-refractivity contribution in [3.63, 3.8) is 0 Å². The molecule has 2 heterocycles. The lowest BCUT2D eigenvalue weighted by Crippen LogP contribution is -2.48.